The SMILES string of the molecule is CC(C)Cc1nnc(C(C)N2CCCC2CC(O)c2ccccc2)o1. The second kappa shape index (κ2) is 8.11. The zero-order valence-electron chi connectivity index (χ0n) is 15.4. The summed E-state index contributed by atoms with van der Waals surface area (Å²) in [7, 11) is 0. The van der Waals surface area contributed by atoms with Gasteiger partial charge in [0.25, 0.3) is 0 Å². The van der Waals surface area contributed by atoms with Crippen LogP contribution < -0.4 is 0 Å². The van der Waals surface area contributed by atoms with E-state index < -0.39 is 6.10 Å². The maximum atomic E-state index is 10.6. The molecule has 3 rings (SSSR count). The lowest BCUT2D eigenvalue weighted by Crippen LogP contribution is -2.33. The molecule has 1 fully saturated rings. The quantitative estimate of drug-likeness (QED) is 0.825. The van der Waals surface area contributed by atoms with Crippen LogP contribution in [0.25, 0.3) is 0 Å². The Bertz CT molecular complexity index is 656. The Morgan fingerprint density at radius 3 is 2.68 bits per heavy atom. The fourth-order valence-electron chi connectivity index (χ4n) is 3.70. The van der Waals surface area contributed by atoms with Gasteiger partial charge in [0.15, 0.2) is 0 Å². The van der Waals surface area contributed by atoms with Gasteiger partial charge in [-0.15, -0.1) is 10.2 Å². The minimum Gasteiger partial charge on any atom is -0.424 e. The van der Waals surface area contributed by atoms with Crippen LogP contribution in [-0.2, 0) is 6.42 Å². The van der Waals surface area contributed by atoms with Gasteiger partial charge in [-0.2, -0.15) is 0 Å². The smallest absolute Gasteiger partial charge is 0.233 e. The summed E-state index contributed by atoms with van der Waals surface area (Å²) in [5.41, 5.74) is 0.985. The van der Waals surface area contributed by atoms with Gasteiger partial charge in [0.1, 0.15) is 0 Å². The number of aromatic nitrogens is 2. The first kappa shape index (κ1) is 18.1. The molecule has 3 atom stereocenters. The number of hydrogen-bond acceptors (Lipinski definition) is 5. The molecule has 5 heteroatoms. The first-order valence-electron chi connectivity index (χ1n) is 9.35. The van der Waals surface area contributed by atoms with E-state index in [4.69, 9.17) is 4.42 Å². The Balaban J connectivity index is 1.65. The lowest BCUT2D eigenvalue weighted by atomic mass is 10.00. The first-order valence-corrected chi connectivity index (χ1v) is 9.35. The van der Waals surface area contributed by atoms with Crippen molar-refractivity contribution in [3.8, 4) is 0 Å². The highest BCUT2D eigenvalue weighted by molar-refractivity contribution is 5.17. The largest absolute Gasteiger partial charge is 0.424 e. The fourth-order valence-corrected chi connectivity index (χ4v) is 3.70. The van der Waals surface area contributed by atoms with Crippen molar-refractivity contribution >= 4 is 0 Å². The lowest BCUT2D eigenvalue weighted by Gasteiger charge is -2.30. The van der Waals surface area contributed by atoms with Crippen molar-refractivity contribution in [1.82, 2.24) is 15.1 Å². The molecule has 2 heterocycles. The molecule has 0 bridgehead atoms. The minimum atomic E-state index is -0.432. The van der Waals surface area contributed by atoms with Crippen LogP contribution in [0.2, 0.25) is 0 Å². The molecule has 1 saturated heterocycles. The average Bonchev–Trinajstić information content (AvgIpc) is 3.24. The van der Waals surface area contributed by atoms with E-state index in [2.05, 4.69) is 35.9 Å². The standard InChI is InChI=1S/C20H29N3O2/c1-14(2)12-19-21-22-20(25-19)15(3)23-11-7-10-17(23)13-18(24)16-8-5-4-6-9-16/h4-6,8-9,14-15,17-18,24H,7,10-13H2,1-3H3. The second-order valence-corrected chi connectivity index (χ2v) is 7.50. The molecule has 5 nitrogen and oxygen atoms in total. The highest BCUT2D eigenvalue weighted by atomic mass is 16.4. The Morgan fingerprint density at radius 1 is 1.20 bits per heavy atom. The van der Waals surface area contributed by atoms with Crippen LogP contribution in [-0.4, -0.2) is 32.8 Å². The molecule has 1 aliphatic heterocycles. The molecule has 1 N–H and O–H groups in total. The predicted octanol–water partition coefficient (Wildman–Crippen LogP) is 3.92. The monoisotopic (exact) mass is 343 g/mol. The summed E-state index contributed by atoms with van der Waals surface area (Å²) in [5, 5.41) is 19.0. The molecule has 25 heavy (non-hydrogen) atoms. The molecule has 3 unspecified atom stereocenters. The summed E-state index contributed by atoms with van der Waals surface area (Å²) in [4.78, 5) is 2.40. The number of nitrogens with zero attached hydrogens (tertiary/aromatic N) is 3. The van der Waals surface area contributed by atoms with Gasteiger partial charge < -0.3 is 9.52 Å². The summed E-state index contributed by atoms with van der Waals surface area (Å²) in [6.45, 7) is 7.43. The van der Waals surface area contributed by atoms with E-state index >= 15 is 0 Å². The van der Waals surface area contributed by atoms with Gasteiger partial charge in [0.2, 0.25) is 11.8 Å². The van der Waals surface area contributed by atoms with Gasteiger partial charge in [0, 0.05) is 12.5 Å². The molecule has 1 aliphatic rings. The van der Waals surface area contributed by atoms with E-state index in [-0.39, 0.29) is 6.04 Å². The van der Waals surface area contributed by atoms with Crippen molar-refractivity contribution in [3.63, 3.8) is 0 Å². The van der Waals surface area contributed by atoms with Gasteiger partial charge in [-0.25, -0.2) is 0 Å². The van der Waals surface area contributed by atoms with Gasteiger partial charge in [0.05, 0.1) is 12.1 Å². The third-order valence-corrected chi connectivity index (χ3v) is 5.02. The molecule has 0 spiro atoms. The summed E-state index contributed by atoms with van der Waals surface area (Å²) < 4.78 is 5.88. The van der Waals surface area contributed by atoms with E-state index in [1.807, 2.05) is 30.3 Å². The summed E-state index contributed by atoms with van der Waals surface area (Å²) in [5.74, 6) is 1.91. The van der Waals surface area contributed by atoms with Crippen molar-refractivity contribution < 1.29 is 9.52 Å². The number of rotatable bonds is 7. The van der Waals surface area contributed by atoms with E-state index in [0.29, 0.717) is 17.9 Å². The second-order valence-electron chi connectivity index (χ2n) is 7.50. The van der Waals surface area contributed by atoms with E-state index in [9.17, 15) is 5.11 Å². The van der Waals surface area contributed by atoms with Crippen molar-refractivity contribution in [2.24, 2.45) is 5.92 Å². The van der Waals surface area contributed by atoms with E-state index in [1.54, 1.807) is 0 Å². The summed E-state index contributed by atoms with van der Waals surface area (Å²) in [6, 6.07) is 10.3. The maximum Gasteiger partial charge on any atom is 0.233 e. The van der Waals surface area contributed by atoms with Crippen molar-refractivity contribution in [1.29, 1.82) is 0 Å². The van der Waals surface area contributed by atoms with Crippen LogP contribution in [0.15, 0.2) is 34.7 Å². The van der Waals surface area contributed by atoms with Crippen LogP contribution in [0.3, 0.4) is 0 Å². The number of aliphatic hydroxyl groups excluding tert-OH is 1. The zero-order valence-corrected chi connectivity index (χ0v) is 15.4. The number of aliphatic hydroxyl groups is 1. The molecule has 0 aliphatic carbocycles. The molecule has 0 radical (unpaired) electrons. The highest BCUT2D eigenvalue weighted by Gasteiger charge is 2.33. The normalized spacial score (nSPS) is 20.9. The van der Waals surface area contributed by atoms with Gasteiger partial charge >= 0.3 is 0 Å². The van der Waals surface area contributed by atoms with E-state index in [1.165, 1.54) is 0 Å². The third-order valence-electron chi connectivity index (χ3n) is 5.02. The number of benzene rings is 1. The zero-order chi connectivity index (χ0) is 17.8. The summed E-state index contributed by atoms with van der Waals surface area (Å²) >= 11 is 0. The summed E-state index contributed by atoms with van der Waals surface area (Å²) in [6.07, 6.45) is 3.36. The van der Waals surface area contributed by atoms with E-state index in [0.717, 1.165) is 43.7 Å². The van der Waals surface area contributed by atoms with Crippen LogP contribution in [0.1, 0.15) is 69.5 Å². The molecule has 0 amide bonds. The van der Waals surface area contributed by atoms with Crippen LogP contribution >= 0.6 is 0 Å². The fraction of sp³-hybridized carbons (Fsp3) is 0.600. The molecule has 1 aromatic heterocycles. The Kier molecular flexibility index (Phi) is 5.86. The Labute approximate surface area is 150 Å². The van der Waals surface area contributed by atoms with Crippen LogP contribution in [0, 0.1) is 5.92 Å². The first-order chi connectivity index (χ1) is 12.0. The lowest BCUT2D eigenvalue weighted by molar-refractivity contribution is 0.0952. The van der Waals surface area contributed by atoms with Crippen molar-refractivity contribution in [3.05, 3.63) is 47.7 Å². The van der Waals surface area contributed by atoms with Crippen LogP contribution in [0.4, 0.5) is 0 Å². The molecular weight excluding hydrogens is 314 g/mol. The van der Waals surface area contributed by atoms with Crippen molar-refractivity contribution in [2.75, 3.05) is 6.54 Å². The maximum absolute atomic E-state index is 10.6. The molecule has 136 valence electrons. The number of likely N-dealkylation sites (tertiary alicyclic amines) is 1. The predicted molar refractivity (Wildman–Crippen MR) is 97.0 cm³/mol. The average molecular weight is 343 g/mol. The van der Waals surface area contributed by atoms with Crippen molar-refractivity contribution in [2.45, 2.75) is 64.6 Å². The van der Waals surface area contributed by atoms with Gasteiger partial charge in [-0.3, -0.25) is 4.90 Å². The third kappa shape index (κ3) is 4.47. The molecule has 1 aromatic carbocycles. The molecule has 0 saturated carbocycles. The van der Waals surface area contributed by atoms with Gasteiger partial charge in [-0.05, 0) is 44.2 Å². The van der Waals surface area contributed by atoms with Crippen LogP contribution in [0.5, 0.6) is 0 Å². The Hall–Kier alpha value is -1.72. The minimum absolute atomic E-state index is 0.0869. The highest BCUT2D eigenvalue weighted by Crippen LogP contribution is 2.33. The van der Waals surface area contributed by atoms with Gasteiger partial charge in [-0.1, -0.05) is 44.2 Å². The molecular formula is C20H29N3O2. The Morgan fingerprint density at radius 2 is 1.96 bits per heavy atom. The topological polar surface area (TPSA) is 62.4 Å². The number of hydrogen-bond donors (Lipinski definition) is 1. The molecule has 2 aromatic rings.